The van der Waals surface area contributed by atoms with E-state index in [0.717, 1.165) is 7.11 Å². The van der Waals surface area contributed by atoms with E-state index in [4.69, 9.17) is 5.11 Å². The van der Waals surface area contributed by atoms with Crippen molar-refractivity contribution < 1.29 is 27.9 Å². The van der Waals surface area contributed by atoms with Crippen molar-refractivity contribution in [3.8, 4) is 0 Å². The van der Waals surface area contributed by atoms with Gasteiger partial charge in [-0.05, 0) is 6.42 Å². The monoisotopic (exact) mass is 237 g/mol. The summed E-state index contributed by atoms with van der Waals surface area (Å²) in [5.74, 6) is -1.59. The molecule has 0 saturated heterocycles. The van der Waals surface area contributed by atoms with Gasteiger partial charge in [0.15, 0.2) is 4.86 Å². The number of amides is 1. The minimum absolute atomic E-state index is 0.130. The first-order valence-electron chi connectivity index (χ1n) is 3.97. The number of methoxy groups -OCH3 is 1. The quantitative estimate of drug-likeness (QED) is 0.623. The maximum Gasteiger partial charge on any atom is 0.407 e. The first-order valence-corrected chi connectivity index (χ1v) is 5.05. The van der Waals surface area contributed by atoms with Crippen LogP contribution in [0.5, 0.6) is 0 Å². The lowest BCUT2D eigenvalue weighted by atomic mass is 10.1. The van der Waals surface area contributed by atoms with E-state index in [1.165, 1.54) is 6.92 Å². The third-order valence-corrected chi connectivity index (χ3v) is 2.41. The van der Waals surface area contributed by atoms with Crippen molar-refractivity contribution in [2.75, 3.05) is 7.11 Å². The highest BCUT2D eigenvalue weighted by molar-refractivity contribution is 7.74. The van der Waals surface area contributed by atoms with Crippen LogP contribution < -0.4 is 5.32 Å². The molecule has 1 unspecified atom stereocenters. The second kappa shape index (κ2) is 6.02. The van der Waals surface area contributed by atoms with Crippen LogP contribution in [0.4, 0.5) is 4.79 Å². The molecule has 0 aromatic rings. The van der Waals surface area contributed by atoms with E-state index in [-0.39, 0.29) is 6.42 Å². The molecule has 8 heteroatoms. The summed E-state index contributed by atoms with van der Waals surface area (Å²) in [6, 6.07) is -1.09. The van der Waals surface area contributed by atoms with Crippen LogP contribution in [-0.4, -0.2) is 43.6 Å². The molecule has 0 aliphatic rings. The van der Waals surface area contributed by atoms with Crippen LogP contribution >= 0.6 is 0 Å². The Labute approximate surface area is 87.6 Å². The van der Waals surface area contributed by atoms with Gasteiger partial charge in [-0.1, -0.05) is 6.92 Å². The number of carboxylic acid groups (broad SMARTS) is 1. The van der Waals surface area contributed by atoms with Crippen LogP contribution in [-0.2, 0) is 19.8 Å². The first kappa shape index (κ1) is 13.4. The van der Waals surface area contributed by atoms with E-state index in [1.807, 2.05) is 0 Å². The zero-order valence-corrected chi connectivity index (χ0v) is 9.00. The minimum atomic E-state index is -2.88. The van der Waals surface area contributed by atoms with Gasteiger partial charge in [-0.3, -0.25) is 0 Å². The molecule has 0 spiro atoms. The number of hydrogen-bond donors (Lipinski definition) is 2. The van der Waals surface area contributed by atoms with E-state index < -0.39 is 33.3 Å². The van der Waals surface area contributed by atoms with E-state index >= 15 is 0 Å². The van der Waals surface area contributed by atoms with E-state index in [0.29, 0.717) is 0 Å². The molecule has 0 aliphatic carbocycles. The second-order valence-electron chi connectivity index (χ2n) is 2.50. The molecule has 0 bridgehead atoms. The SMILES string of the molecule is CCC(NC(=O)OC)C(C(=O)O)=S(=O)=O. The Hall–Kier alpha value is -1.57. The molecular formula is C7H11NO6S. The van der Waals surface area contributed by atoms with Gasteiger partial charge in [-0.2, -0.15) is 8.42 Å². The highest BCUT2D eigenvalue weighted by Crippen LogP contribution is 1.95. The Kier molecular flexibility index (Phi) is 5.39. The standard InChI is InChI=1S/C7H11NO6S/c1-3-4(8-7(11)14-2)5(6(9)10)15(12)13/h4H,3H2,1-2H3,(H,8,11)(H,9,10). The maximum absolute atomic E-state index is 10.8. The molecular weight excluding hydrogens is 226 g/mol. The summed E-state index contributed by atoms with van der Waals surface area (Å²) in [4.78, 5) is 20.6. The fraction of sp³-hybridized carbons (Fsp3) is 0.571. The molecule has 0 aliphatic heterocycles. The number of carbonyl (C=O) groups excluding carboxylic acids is 1. The number of nitrogens with one attached hydrogen (secondary N) is 1. The molecule has 0 rings (SSSR count). The molecule has 86 valence electrons. The summed E-state index contributed by atoms with van der Waals surface area (Å²) < 4.78 is 25.4. The number of ether oxygens (including phenoxy) is 1. The Bertz CT molecular complexity index is 376. The number of carbonyl (C=O) groups is 2. The molecule has 1 atom stereocenters. The third-order valence-electron chi connectivity index (χ3n) is 1.59. The zero-order chi connectivity index (χ0) is 12.0. The predicted molar refractivity (Wildman–Crippen MR) is 51.2 cm³/mol. The predicted octanol–water partition coefficient (Wildman–Crippen LogP) is -0.743. The maximum atomic E-state index is 10.8. The summed E-state index contributed by atoms with van der Waals surface area (Å²) in [6.07, 6.45) is -0.754. The fourth-order valence-electron chi connectivity index (χ4n) is 0.891. The highest BCUT2D eigenvalue weighted by Gasteiger charge is 2.24. The lowest BCUT2D eigenvalue weighted by Crippen LogP contribution is -2.43. The zero-order valence-electron chi connectivity index (χ0n) is 8.18. The van der Waals surface area contributed by atoms with Gasteiger partial charge in [0, 0.05) is 0 Å². The van der Waals surface area contributed by atoms with Crippen molar-refractivity contribution in [2.24, 2.45) is 0 Å². The summed E-state index contributed by atoms with van der Waals surface area (Å²) in [6.45, 7) is 1.54. The minimum Gasteiger partial charge on any atom is -0.477 e. The van der Waals surface area contributed by atoms with Crippen molar-refractivity contribution in [2.45, 2.75) is 19.4 Å². The topological polar surface area (TPSA) is 110 Å². The number of hydrogen-bond acceptors (Lipinski definition) is 5. The van der Waals surface area contributed by atoms with Gasteiger partial charge in [0.2, 0.25) is 10.3 Å². The number of rotatable bonds is 4. The Balaban J connectivity index is 5.04. The van der Waals surface area contributed by atoms with Crippen LogP contribution in [0, 0.1) is 0 Å². The molecule has 0 aromatic heterocycles. The first-order chi connectivity index (χ1) is 6.93. The van der Waals surface area contributed by atoms with Crippen molar-refractivity contribution in [3.05, 3.63) is 0 Å². The van der Waals surface area contributed by atoms with Gasteiger partial charge in [0.05, 0.1) is 13.2 Å². The average molecular weight is 237 g/mol. The van der Waals surface area contributed by atoms with E-state index in [2.05, 4.69) is 10.1 Å². The van der Waals surface area contributed by atoms with E-state index in [9.17, 15) is 18.0 Å². The van der Waals surface area contributed by atoms with Gasteiger partial charge in [0.1, 0.15) is 0 Å². The molecule has 2 N–H and O–H groups in total. The largest absolute Gasteiger partial charge is 0.477 e. The van der Waals surface area contributed by atoms with Crippen LogP contribution in [0.25, 0.3) is 0 Å². The van der Waals surface area contributed by atoms with Crippen LogP contribution in [0.2, 0.25) is 0 Å². The summed E-state index contributed by atoms with van der Waals surface area (Å²) >= 11 is 0. The lowest BCUT2D eigenvalue weighted by Gasteiger charge is -2.13. The van der Waals surface area contributed by atoms with Crippen molar-refractivity contribution >= 4 is 27.2 Å². The Morgan fingerprint density at radius 2 is 2.00 bits per heavy atom. The summed E-state index contributed by atoms with van der Waals surface area (Å²) in [5.41, 5.74) is 0. The summed E-state index contributed by atoms with van der Waals surface area (Å²) in [7, 11) is -1.79. The van der Waals surface area contributed by atoms with Crippen LogP contribution in [0.1, 0.15) is 13.3 Å². The van der Waals surface area contributed by atoms with Gasteiger partial charge >= 0.3 is 12.1 Å². The normalized spacial score (nSPS) is 11.3. The summed E-state index contributed by atoms with van der Waals surface area (Å²) in [5, 5.41) is 10.7. The molecule has 0 heterocycles. The van der Waals surface area contributed by atoms with Gasteiger partial charge in [-0.15, -0.1) is 0 Å². The molecule has 7 nitrogen and oxygen atoms in total. The van der Waals surface area contributed by atoms with Gasteiger partial charge < -0.3 is 15.2 Å². The van der Waals surface area contributed by atoms with Crippen LogP contribution in [0.3, 0.4) is 0 Å². The number of carboxylic acids is 1. The van der Waals surface area contributed by atoms with E-state index in [1.54, 1.807) is 0 Å². The fourth-order valence-corrected chi connectivity index (χ4v) is 1.49. The van der Waals surface area contributed by atoms with Crippen LogP contribution in [0.15, 0.2) is 0 Å². The molecule has 1 amide bonds. The van der Waals surface area contributed by atoms with Crippen molar-refractivity contribution in [1.29, 1.82) is 0 Å². The molecule has 0 saturated carbocycles. The lowest BCUT2D eigenvalue weighted by molar-refractivity contribution is -0.129. The smallest absolute Gasteiger partial charge is 0.407 e. The number of alkyl carbamates (subject to hydrolysis) is 1. The molecule has 0 radical (unpaired) electrons. The average Bonchev–Trinajstić information content (AvgIpc) is 2.15. The highest BCUT2D eigenvalue weighted by atomic mass is 32.2. The molecule has 15 heavy (non-hydrogen) atoms. The number of aliphatic carboxylic acids is 1. The van der Waals surface area contributed by atoms with Crippen molar-refractivity contribution in [3.63, 3.8) is 0 Å². The van der Waals surface area contributed by atoms with Gasteiger partial charge in [0.25, 0.3) is 0 Å². The second-order valence-corrected chi connectivity index (χ2v) is 3.41. The Morgan fingerprint density at radius 1 is 1.47 bits per heavy atom. The Morgan fingerprint density at radius 3 is 2.27 bits per heavy atom. The van der Waals surface area contributed by atoms with Gasteiger partial charge in [-0.25, -0.2) is 9.59 Å². The molecule has 0 aromatic carbocycles. The molecule has 0 fully saturated rings. The third kappa shape index (κ3) is 3.98. The van der Waals surface area contributed by atoms with Crippen molar-refractivity contribution in [1.82, 2.24) is 5.32 Å².